The van der Waals surface area contributed by atoms with Gasteiger partial charge in [-0.2, -0.15) is 17.4 Å². The molecule has 1 fully saturated rings. The van der Waals surface area contributed by atoms with E-state index in [4.69, 9.17) is 4.74 Å². The third-order valence-corrected chi connectivity index (χ3v) is 4.41. The molecule has 0 aromatic heterocycles. The second kappa shape index (κ2) is 7.27. The number of rotatable bonds is 7. The van der Waals surface area contributed by atoms with Gasteiger partial charge in [-0.1, -0.05) is 13.3 Å². The normalized spacial score (nSPS) is 20.4. The van der Waals surface area contributed by atoms with Crippen LogP contribution in [-0.2, 0) is 14.9 Å². The summed E-state index contributed by atoms with van der Waals surface area (Å²) >= 11 is 0. The Labute approximate surface area is 104 Å². The number of nitrogens with one attached hydrogen (secondary N) is 2. The lowest BCUT2D eigenvalue weighted by Crippen LogP contribution is -2.53. The van der Waals surface area contributed by atoms with Gasteiger partial charge in [0.1, 0.15) is 0 Å². The third kappa shape index (κ3) is 4.89. The highest BCUT2D eigenvalue weighted by atomic mass is 32.2. The molecule has 7 heteroatoms. The lowest BCUT2D eigenvalue weighted by molar-refractivity contribution is 0.169. The summed E-state index contributed by atoms with van der Waals surface area (Å²) in [7, 11) is -1.78. The van der Waals surface area contributed by atoms with E-state index in [1.807, 2.05) is 6.92 Å². The molecule has 0 aromatic carbocycles. The van der Waals surface area contributed by atoms with Gasteiger partial charge in [0.05, 0.1) is 6.61 Å². The molecule has 6 nitrogen and oxygen atoms in total. The molecule has 0 amide bonds. The van der Waals surface area contributed by atoms with E-state index >= 15 is 0 Å². The van der Waals surface area contributed by atoms with E-state index in [0.717, 1.165) is 12.8 Å². The van der Waals surface area contributed by atoms with Crippen molar-refractivity contribution in [3.63, 3.8) is 0 Å². The predicted molar refractivity (Wildman–Crippen MR) is 67.1 cm³/mol. The highest BCUT2D eigenvalue weighted by molar-refractivity contribution is 7.87. The molecule has 0 radical (unpaired) electrons. The van der Waals surface area contributed by atoms with Gasteiger partial charge in [0, 0.05) is 39.3 Å². The van der Waals surface area contributed by atoms with Crippen LogP contribution in [0.25, 0.3) is 0 Å². The first-order valence-corrected chi connectivity index (χ1v) is 7.51. The highest BCUT2D eigenvalue weighted by Crippen LogP contribution is 2.05. The zero-order valence-corrected chi connectivity index (χ0v) is 11.4. The third-order valence-electron chi connectivity index (χ3n) is 2.74. The van der Waals surface area contributed by atoms with Crippen LogP contribution in [0, 0.1) is 0 Å². The van der Waals surface area contributed by atoms with E-state index in [9.17, 15) is 8.42 Å². The lowest BCUT2D eigenvalue weighted by atomic mass is 10.2. The number of ether oxygens (including phenoxy) is 1. The predicted octanol–water partition coefficient (Wildman–Crippen LogP) is -0.459. The fourth-order valence-corrected chi connectivity index (χ4v) is 3.32. The molecule has 1 aliphatic heterocycles. The van der Waals surface area contributed by atoms with Crippen LogP contribution in [0.4, 0.5) is 0 Å². The summed E-state index contributed by atoms with van der Waals surface area (Å²) in [5.41, 5.74) is 0. The molecule has 1 heterocycles. The summed E-state index contributed by atoms with van der Waals surface area (Å²) in [6, 6.07) is -0.134. The van der Waals surface area contributed by atoms with Crippen LogP contribution in [-0.4, -0.2) is 58.7 Å². The Morgan fingerprint density at radius 1 is 1.41 bits per heavy atom. The van der Waals surface area contributed by atoms with Gasteiger partial charge in [-0.3, -0.25) is 0 Å². The number of hydrogen-bond donors (Lipinski definition) is 2. The summed E-state index contributed by atoms with van der Waals surface area (Å²) in [6.45, 7) is 4.93. The molecular weight excluding hydrogens is 242 g/mol. The Balaban J connectivity index is 2.55. The van der Waals surface area contributed by atoms with Crippen LogP contribution >= 0.6 is 0 Å². The molecule has 1 rings (SSSR count). The van der Waals surface area contributed by atoms with Crippen LogP contribution in [0.2, 0.25) is 0 Å². The fourth-order valence-electron chi connectivity index (χ4n) is 1.90. The van der Waals surface area contributed by atoms with E-state index < -0.39 is 10.2 Å². The second-order valence-corrected chi connectivity index (χ2v) is 5.92. The van der Waals surface area contributed by atoms with Crippen molar-refractivity contribution in [2.45, 2.75) is 25.8 Å². The molecule has 0 aliphatic carbocycles. The van der Waals surface area contributed by atoms with Crippen LogP contribution in [0.5, 0.6) is 0 Å². The monoisotopic (exact) mass is 265 g/mol. The molecule has 1 saturated heterocycles. The number of nitrogens with zero attached hydrogens (tertiary/aromatic N) is 1. The summed E-state index contributed by atoms with van der Waals surface area (Å²) in [5, 5.41) is 3.13. The number of methoxy groups -OCH3 is 1. The van der Waals surface area contributed by atoms with E-state index in [-0.39, 0.29) is 6.04 Å². The summed E-state index contributed by atoms with van der Waals surface area (Å²) < 4.78 is 33.4. The minimum absolute atomic E-state index is 0.134. The standard InChI is InChI=1S/C10H23N3O3S/c1-3-4-10(9-16-2)12-17(14,15)13-7-5-11-6-8-13/h10-12H,3-9H2,1-2H3. The summed E-state index contributed by atoms with van der Waals surface area (Å²) in [5.74, 6) is 0. The Kier molecular flexibility index (Phi) is 6.35. The first kappa shape index (κ1) is 14.8. The van der Waals surface area contributed by atoms with Crippen molar-refractivity contribution in [3.05, 3.63) is 0 Å². The van der Waals surface area contributed by atoms with E-state index in [0.29, 0.717) is 32.8 Å². The molecule has 1 atom stereocenters. The lowest BCUT2D eigenvalue weighted by Gasteiger charge is -2.28. The minimum atomic E-state index is -3.36. The summed E-state index contributed by atoms with van der Waals surface area (Å²) in [4.78, 5) is 0. The average molecular weight is 265 g/mol. The van der Waals surface area contributed by atoms with Gasteiger partial charge in [-0.15, -0.1) is 0 Å². The van der Waals surface area contributed by atoms with Crippen molar-refractivity contribution >= 4 is 10.2 Å². The molecule has 17 heavy (non-hydrogen) atoms. The van der Waals surface area contributed by atoms with Crippen molar-refractivity contribution < 1.29 is 13.2 Å². The first-order chi connectivity index (χ1) is 8.10. The highest BCUT2D eigenvalue weighted by Gasteiger charge is 2.26. The van der Waals surface area contributed by atoms with E-state index in [1.54, 1.807) is 7.11 Å². The SMILES string of the molecule is CCCC(COC)NS(=O)(=O)N1CCNCC1. The van der Waals surface area contributed by atoms with Crippen molar-refractivity contribution in [1.29, 1.82) is 0 Å². The van der Waals surface area contributed by atoms with Gasteiger partial charge >= 0.3 is 0 Å². The van der Waals surface area contributed by atoms with Gasteiger partial charge in [-0.05, 0) is 6.42 Å². The Bertz CT molecular complexity index is 296. The topological polar surface area (TPSA) is 70.7 Å². The zero-order valence-electron chi connectivity index (χ0n) is 10.6. The Hall–Kier alpha value is -0.210. The van der Waals surface area contributed by atoms with Crippen LogP contribution < -0.4 is 10.0 Å². The minimum Gasteiger partial charge on any atom is -0.383 e. The van der Waals surface area contributed by atoms with E-state index in [1.165, 1.54) is 4.31 Å². The van der Waals surface area contributed by atoms with Crippen molar-refractivity contribution in [1.82, 2.24) is 14.3 Å². The number of piperazine rings is 1. The summed E-state index contributed by atoms with van der Waals surface area (Å²) in [6.07, 6.45) is 1.72. The van der Waals surface area contributed by atoms with E-state index in [2.05, 4.69) is 10.0 Å². The molecular formula is C10H23N3O3S. The van der Waals surface area contributed by atoms with Crippen molar-refractivity contribution in [3.8, 4) is 0 Å². The molecule has 0 bridgehead atoms. The van der Waals surface area contributed by atoms with Crippen LogP contribution in [0.15, 0.2) is 0 Å². The van der Waals surface area contributed by atoms with Gasteiger partial charge in [-0.25, -0.2) is 0 Å². The molecule has 0 aromatic rings. The van der Waals surface area contributed by atoms with Gasteiger partial charge in [0.2, 0.25) is 0 Å². The largest absolute Gasteiger partial charge is 0.383 e. The zero-order chi connectivity index (χ0) is 12.7. The van der Waals surface area contributed by atoms with Gasteiger partial charge < -0.3 is 10.1 Å². The molecule has 1 aliphatic rings. The molecule has 1 unspecified atom stereocenters. The maximum absolute atomic E-state index is 12.1. The molecule has 102 valence electrons. The average Bonchev–Trinajstić information content (AvgIpc) is 2.30. The molecule has 2 N–H and O–H groups in total. The second-order valence-electron chi connectivity index (χ2n) is 4.21. The quantitative estimate of drug-likeness (QED) is 0.653. The Morgan fingerprint density at radius 2 is 2.06 bits per heavy atom. The van der Waals surface area contributed by atoms with Gasteiger partial charge in [0.25, 0.3) is 10.2 Å². The maximum atomic E-state index is 12.1. The first-order valence-electron chi connectivity index (χ1n) is 6.07. The molecule has 0 saturated carbocycles. The van der Waals surface area contributed by atoms with Crippen LogP contribution in [0.3, 0.4) is 0 Å². The Morgan fingerprint density at radius 3 is 2.59 bits per heavy atom. The molecule has 0 spiro atoms. The fraction of sp³-hybridized carbons (Fsp3) is 1.00. The maximum Gasteiger partial charge on any atom is 0.279 e. The number of hydrogen-bond acceptors (Lipinski definition) is 4. The van der Waals surface area contributed by atoms with Gasteiger partial charge in [0.15, 0.2) is 0 Å². The smallest absolute Gasteiger partial charge is 0.279 e. The van der Waals surface area contributed by atoms with Crippen molar-refractivity contribution in [2.75, 3.05) is 39.9 Å². The van der Waals surface area contributed by atoms with Crippen molar-refractivity contribution in [2.24, 2.45) is 0 Å². The van der Waals surface area contributed by atoms with Crippen LogP contribution in [0.1, 0.15) is 19.8 Å².